The van der Waals surface area contributed by atoms with Crippen LogP contribution in [0.15, 0.2) is 29.0 Å². The molecule has 0 unspecified atom stereocenters. The van der Waals surface area contributed by atoms with Crippen LogP contribution >= 0.6 is 15.9 Å². The zero-order chi connectivity index (χ0) is 9.42. The van der Waals surface area contributed by atoms with E-state index < -0.39 is 0 Å². The van der Waals surface area contributed by atoms with E-state index >= 15 is 0 Å². The minimum Gasteiger partial charge on any atom is -0.294 e. The summed E-state index contributed by atoms with van der Waals surface area (Å²) in [5, 5.41) is 0. The van der Waals surface area contributed by atoms with E-state index in [-0.39, 0.29) is 5.78 Å². The highest BCUT2D eigenvalue weighted by molar-refractivity contribution is 9.10. The van der Waals surface area contributed by atoms with Crippen LogP contribution in [0.5, 0.6) is 0 Å². The number of fused-ring (bicyclic) bond motifs is 1. The summed E-state index contributed by atoms with van der Waals surface area (Å²) in [5.74, 6) is -0.0319. The first kappa shape index (κ1) is 8.44. The van der Waals surface area contributed by atoms with Gasteiger partial charge in [0.2, 0.25) is 0 Å². The fraction of sp³-hybridized carbons (Fsp3) is 0.111. The minimum absolute atomic E-state index is 0.0319. The molecule has 66 valence electrons. The molecular weight excluding hydrogens is 232 g/mol. The molecule has 0 aliphatic heterocycles. The van der Waals surface area contributed by atoms with E-state index in [0.29, 0.717) is 5.69 Å². The van der Waals surface area contributed by atoms with Crippen LogP contribution in [0, 0.1) is 0 Å². The van der Waals surface area contributed by atoms with E-state index in [1.54, 1.807) is 0 Å². The first-order valence-electron chi connectivity index (χ1n) is 3.83. The van der Waals surface area contributed by atoms with Crippen molar-refractivity contribution < 1.29 is 4.79 Å². The fourth-order valence-corrected chi connectivity index (χ4v) is 1.86. The van der Waals surface area contributed by atoms with Crippen molar-refractivity contribution in [3.63, 3.8) is 0 Å². The number of carbonyl (C=O) groups excluding carboxylic acids is 1. The molecule has 0 atom stereocenters. The van der Waals surface area contributed by atoms with Crippen molar-refractivity contribution in [2.75, 3.05) is 0 Å². The molecule has 0 N–H and O–H groups in total. The maximum atomic E-state index is 11.1. The average Bonchev–Trinajstić information content (AvgIpc) is 2.45. The van der Waals surface area contributed by atoms with Crippen molar-refractivity contribution in [1.29, 1.82) is 0 Å². The predicted molar refractivity (Wildman–Crippen MR) is 52.9 cm³/mol. The molecule has 2 rings (SSSR count). The van der Waals surface area contributed by atoms with Gasteiger partial charge in [0.05, 0.1) is 0 Å². The first-order chi connectivity index (χ1) is 6.20. The lowest BCUT2D eigenvalue weighted by molar-refractivity contribution is 0.101. The molecular formula is C9H7BrN2O. The van der Waals surface area contributed by atoms with Crippen molar-refractivity contribution in [2.45, 2.75) is 6.92 Å². The Bertz CT molecular complexity index is 475. The Kier molecular flexibility index (Phi) is 1.92. The van der Waals surface area contributed by atoms with E-state index in [1.165, 1.54) is 6.92 Å². The number of aromatic nitrogens is 2. The number of hydrogen-bond donors (Lipinski definition) is 0. The summed E-state index contributed by atoms with van der Waals surface area (Å²) < 4.78 is 2.55. The van der Waals surface area contributed by atoms with Gasteiger partial charge in [0.1, 0.15) is 15.9 Å². The zero-order valence-electron chi connectivity index (χ0n) is 6.99. The van der Waals surface area contributed by atoms with Gasteiger partial charge in [-0.3, -0.25) is 9.20 Å². The molecule has 0 fully saturated rings. The molecule has 0 spiro atoms. The number of imidazole rings is 1. The van der Waals surface area contributed by atoms with E-state index in [1.807, 2.05) is 28.8 Å². The van der Waals surface area contributed by atoms with Crippen LogP contribution in [0.2, 0.25) is 0 Å². The average molecular weight is 239 g/mol. The van der Waals surface area contributed by atoms with Crippen LogP contribution in [0.3, 0.4) is 0 Å². The lowest BCUT2D eigenvalue weighted by Crippen LogP contribution is -1.92. The SMILES string of the molecule is CC(=O)c1nc2ccccn2c1Br. The van der Waals surface area contributed by atoms with Gasteiger partial charge in [0, 0.05) is 13.1 Å². The molecule has 0 bridgehead atoms. The largest absolute Gasteiger partial charge is 0.294 e. The van der Waals surface area contributed by atoms with Gasteiger partial charge in [-0.25, -0.2) is 4.98 Å². The van der Waals surface area contributed by atoms with Crippen molar-refractivity contribution in [1.82, 2.24) is 9.38 Å². The molecule has 2 aromatic rings. The Morgan fingerprint density at radius 2 is 2.31 bits per heavy atom. The summed E-state index contributed by atoms with van der Waals surface area (Å²) in [5.41, 5.74) is 1.26. The molecule has 2 aromatic heterocycles. The van der Waals surface area contributed by atoms with Crippen LogP contribution in [0.4, 0.5) is 0 Å². The van der Waals surface area contributed by atoms with Gasteiger partial charge < -0.3 is 0 Å². The highest BCUT2D eigenvalue weighted by Gasteiger charge is 2.12. The standard InChI is InChI=1S/C9H7BrN2O/c1-6(13)8-9(10)12-5-3-2-4-7(12)11-8/h2-5H,1H3. The maximum absolute atomic E-state index is 11.1. The van der Waals surface area contributed by atoms with E-state index in [4.69, 9.17) is 0 Å². The first-order valence-corrected chi connectivity index (χ1v) is 4.63. The van der Waals surface area contributed by atoms with Crippen LogP contribution < -0.4 is 0 Å². The number of hydrogen-bond acceptors (Lipinski definition) is 2. The van der Waals surface area contributed by atoms with Gasteiger partial charge in [0.25, 0.3) is 0 Å². The number of ketones is 1. The second-order valence-electron chi connectivity index (χ2n) is 2.74. The van der Waals surface area contributed by atoms with Crippen LogP contribution in [0.25, 0.3) is 5.65 Å². The maximum Gasteiger partial charge on any atom is 0.180 e. The van der Waals surface area contributed by atoms with Gasteiger partial charge >= 0.3 is 0 Å². The van der Waals surface area contributed by atoms with Gasteiger partial charge in [-0.15, -0.1) is 0 Å². The summed E-state index contributed by atoms with van der Waals surface area (Å²) in [4.78, 5) is 15.3. The minimum atomic E-state index is -0.0319. The molecule has 0 aromatic carbocycles. The Labute approximate surface area is 83.5 Å². The van der Waals surface area contributed by atoms with Gasteiger partial charge in [0.15, 0.2) is 5.78 Å². The summed E-state index contributed by atoms with van der Waals surface area (Å²) >= 11 is 3.33. The van der Waals surface area contributed by atoms with Gasteiger partial charge in [-0.05, 0) is 28.1 Å². The lowest BCUT2D eigenvalue weighted by Gasteiger charge is -1.91. The number of Topliss-reactive ketones (excluding diaryl/α,β-unsaturated/α-hetero) is 1. The van der Waals surface area contributed by atoms with E-state index in [0.717, 1.165) is 10.3 Å². The second-order valence-corrected chi connectivity index (χ2v) is 3.49. The van der Waals surface area contributed by atoms with Gasteiger partial charge in [-0.2, -0.15) is 0 Å². The molecule has 0 aliphatic carbocycles. The highest BCUT2D eigenvalue weighted by Crippen LogP contribution is 2.18. The monoisotopic (exact) mass is 238 g/mol. The van der Waals surface area contributed by atoms with E-state index in [9.17, 15) is 4.79 Å². The molecule has 0 aliphatic rings. The lowest BCUT2D eigenvalue weighted by atomic mass is 10.3. The Hall–Kier alpha value is -1.16. The zero-order valence-corrected chi connectivity index (χ0v) is 8.58. The van der Waals surface area contributed by atoms with Crippen molar-refractivity contribution >= 4 is 27.4 Å². The van der Waals surface area contributed by atoms with E-state index in [2.05, 4.69) is 20.9 Å². The van der Waals surface area contributed by atoms with Crippen LogP contribution in [-0.4, -0.2) is 15.2 Å². The quantitative estimate of drug-likeness (QED) is 0.715. The van der Waals surface area contributed by atoms with Crippen molar-refractivity contribution in [3.8, 4) is 0 Å². The molecule has 3 nitrogen and oxygen atoms in total. The van der Waals surface area contributed by atoms with Crippen molar-refractivity contribution in [2.24, 2.45) is 0 Å². The summed E-state index contributed by atoms with van der Waals surface area (Å²) in [7, 11) is 0. The highest BCUT2D eigenvalue weighted by atomic mass is 79.9. The molecule has 4 heteroatoms. The third kappa shape index (κ3) is 1.27. The normalized spacial score (nSPS) is 10.6. The fourth-order valence-electron chi connectivity index (χ4n) is 1.19. The Balaban J connectivity index is 2.81. The number of carbonyl (C=O) groups is 1. The number of halogens is 1. The smallest absolute Gasteiger partial charge is 0.180 e. The van der Waals surface area contributed by atoms with Gasteiger partial charge in [-0.1, -0.05) is 6.07 Å². The van der Waals surface area contributed by atoms with Crippen LogP contribution in [-0.2, 0) is 0 Å². The number of pyridine rings is 1. The molecule has 0 radical (unpaired) electrons. The predicted octanol–water partition coefficient (Wildman–Crippen LogP) is 2.30. The third-order valence-electron chi connectivity index (χ3n) is 1.81. The molecule has 0 saturated heterocycles. The summed E-state index contributed by atoms with van der Waals surface area (Å²) in [6.45, 7) is 1.51. The van der Waals surface area contributed by atoms with Crippen LogP contribution in [0.1, 0.15) is 17.4 Å². The topological polar surface area (TPSA) is 34.4 Å². The third-order valence-corrected chi connectivity index (χ3v) is 2.56. The molecule has 13 heavy (non-hydrogen) atoms. The Morgan fingerprint density at radius 3 is 2.92 bits per heavy atom. The Morgan fingerprint density at radius 1 is 1.54 bits per heavy atom. The molecule has 0 amide bonds. The van der Waals surface area contributed by atoms with Crippen molar-refractivity contribution in [3.05, 3.63) is 34.7 Å². The molecule has 2 heterocycles. The number of nitrogens with zero attached hydrogens (tertiary/aromatic N) is 2. The summed E-state index contributed by atoms with van der Waals surface area (Å²) in [6.07, 6.45) is 1.86. The molecule has 0 saturated carbocycles. The number of rotatable bonds is 1. The second kappa shape index (κ2) is 2.96. The summed E-state index contributed by atoms with van der Waals surface area (Å²) in [6, 6.07) is 5.64.